The molecule has 1 saturated heterocycles. The molecule has 0 radical (unpaired) electrons. The molecule has 0 aliphatic carbocycles. The smallest absolute Gasteiger partial charge is 0.0642 e. The Morgan fingerprint density at radius 3 is 2.47 bits per heavy atom. The zero-order valence-electron chi connectivity index (χ0n) is 10.5. The van der Waals surface area contributed by atoms with Crippen molar-refractivity contribution in [1.29, 1.82) is 0 Å². The van der Waals surface area contributed by atoms with Crippen LogP contribution < -0.4 is 4.90 Å². The van der Waals surface area contributed by atoms with Gasteiger partial charge >= 0.3 is 0 Å². The normalized spacial score (nSPS) is 17.3. The van der Waals surface area contributed by atoms with Crippen molar-refractivity contribution in [3.63, 3.8) is 0 Å². The summed E-state index contributed by atoms with van der Waals surface area (Å²) in [5, 5.41) is 2.18. The van der Waals surface area contributed by atoms with E-state index < -0.39 is 0 Å². The van der Waals surface area contributed by atoms with Gasteiger partial charge in [-0.3, -0.25) is 0 Å². The Kier molecular flexibility index (Phi) is 4.51. The van der Waals surface area contributed by atoms with Gasteiger partial charge < -0.3 is 9.64 Å². The molecule has 0 aromatic heterocycles. The standard InChI is InChI=1S/C14H19NOS/c1-12(11-17-2)13-3-5-14(6-4-13)15-7-9-16-10-8-15/h3-6,11H,7-10H2,1-2H3/b12-11+. The third-order valence-electron chi connectivity index (χ3n) is 2.99. The molecule has 0 amide bonds. The summed E-state index contributed by atoms with van der Waals surface area (Å²) in [4.78, 5) is 2.38. The van der Waals surface area contributed by atoms with Gasteiger partial charge in [0.15, 0.2) is 0 Å². The van der Waals surface area contributed by atoms with Gasteiger partial charge in [-0.2, -0.15) is 0 Å². The fourth-order valence-corrected chi connectivity index (χ4v) is 2.49. The molecule has 2 rings (SSSR count). The Morgan fingerprint density at radius 2 is 1.88 bits per heavy atom. The maximum Gasteiger partial charge on any atom is 0.0642 e. The Balaban J connectivity index is 2.09. The lowest BCUT2D eigenvalue weighted by molar-refractivity contribution is 0.122. The molecular formula is C14H19NOS. The van der Waals surface area contributed by atoms with Gasteiger partial charge in [0, 0.05) is 18.8 Å². The van der Waals surface area contributed by atoms with Crippen molar-refractivity contribution < 1.29 is 4.74 Å². The van der Waals surface area contributed by atoms with Crippen molar-refractivity contribution in [1.82, 2.24) is 0 Å². The molecule has 1 heterocycles. The van der Waals surface area contributed by atoms with E-state index in [0.29, 0.717) is 0 Å². The highest BCUT2D eigenvalue weighted by Crippen LogP contribution is 2.21. The summed E-state index contributed by atoms with van der Waals surface area (Å²) >= 11 is 1.75. The molecule has 17 heavy (non-hydrogen) atoms. The first kappa shape index (κ1) is 12.5. The number of benzene rings is 1. The number of hydrogen-bond donors (Lipinski definition) is 0. The van der Waals surface area contributed by atoms with Crippen LogP contribution >= 0.6 is 11.8 Å². The van der Waals surface area contributed by atoms with Crippen LogP contribution in [0.4, 0.5) is 5.69 Å². The van der Waals surface area contributed by atoms with Crippen LogP contribution in [0.2, 0.25) is 0 Å². The number of morpholine rings is 1. The molecular weight excluding hydrogens is 230 g/mol. The highest BCUT2D eigenvalue weighted by atomic mass is 32.2. The van der Waals surface area contributed by atoms with Crippen LogP contribution in [0.25, 0.3) is 5.57 Å². The van der Waals surface area contributed by atoms with Crippen molar-refractivity contribution in [3.8, 4) is 0 Å². The van der Waals surface area contributed by atoms with E-state index in [9.17, 15) is 0 Å². The van der Waals surface area contributed by atoms with Crippen LogP contribution in [-0.4, -0.2) is 32.6 Å². The number of anilines is 1. The van der Waals surface area contributed by atoms with Gasteiger partial charge in [-0.1, -0.05) is 12.1 Å². The van der Waals surface area contributed by atoms with E-state index in [2.05, 4.69) is 47.8 Å². The fourth-order valence-electron chi connectivity index (χ4n) is 2.00. The molecule has 1 fully saturated rings. The van der Waals surface area contributed by atoms with Gasteiger partial charge in [-0.25, -0.2) is 0 Å². The first-order valence-corrected chi connectivity index (χ1v) is 7.23. The highest BCUT2D eigenvalue weighted by Gasteiger charge is 2.10. The molecule has 0 bridgehead atoms. The number of rotatable bonds is 3. The average molecular weight is 249 g/mol. The van der Waals surface area contributed by atoms with E-state index in [-0.39, 0.29) is 0 Å². The van der Waals surface area contributed by atoms with Crippen molar-refractivity contribution >= 4 is 23.0 Å². The highest BCUT2D eigenvalue weighted by molar-refractivity contribution is 8.01. The van der Waals surface area contributed by atoms with E-state index in [1.54, 1.807) is 11.8 Å². The van der Waals surface area contributed by atoms with Crippen molar-refractivity contribution in [2.45, 2.75) is 6.92 Å². The molecule has 2 nitrogen and oxygen atoms in total. The maximum atomic E-state index is 5.36. The number of nitrogens with zero attached hydrogens (tertiary/aromatic N) is 1. The second-order valence-electron chi connectivity index (χ2n) is 4.18. The molecule has 1 aliphatic heterocycles. The van der Waals surface area contributed by atoms with Gasteiger partial charge in [0.1, 0.15) is 0 Å². The van der Waals surface area contributed by atoms with Crippen LogP contribution in [0.5, 0.6) is 0 Å². The van der Waals surface area contributed by atoms with Crippen LogP contribution in [0.3, 0.4) is 0 Å². The van der Waals surface area contributed by atoms with Crippen LogP contribution in [-0.2, 0) is 4.74 Å². The summed E-state index contributed by atoms with van der Waals surface area (Å²) in [7, 11) is 0. The predicted molar refractivity (Wildman–Crippen MR) is 76.6 cm³/mol. The minimum Gasteiger partial charge on any atom is -0.378 e. The first-order chi connectivity index (χ1) is 8.31. The maximum absolute atomic E-state index is 5.36. The molecule has 0 unspecified atom stereocenters. The van der Waals surface area contributed by atoms with Gasteiger partial charge in [0.05, 0.1) is 13.2 Å². The van der Waals surface area contributed by atoms with E-state index >= 15 is 0 Å². The second-order valence-corrected chi connectivity index (χ2v) is 4.89. The molecule has 0 spiro atoms. The minimum atomic E-state index is 0.840. The Hall–Kier alpha value is -0.930. The number of hydrogen-bond acceptors (Lipinski definition) is 3. The third-order valence-corrected chi connectivity index (χ3v) is 3.58. The second kappa shape index (κ2) is 6.12. The number of allylic oxidation sites excluding steroid dienone is 1. The molecule has 0 atom stereocenters. The lowest BCUT2D eigenvalue weighted by atomic mass is 10.1. The molecule has 92 valence electrons. The Labute approximate surface area is 108 Å². The lowest BCUT2D eigenvalue weighted by Crippen LogP contribution is -2.36. The van der Waals surface area contributed by atoms with E-state index in [1.807, 2.05) is 0 Å². The third kappa shape index (κ3) is 3.27. The first-order valence-electron chi connectivity index (χ1n) is 5.94. The predicted octanol–water partition coefficient (Wildman–Crippen LogP) is 3.25. The SMILES string of the molecule is CS/C=C(\C)c1ccc(N2CCOCC2)cc1. The summed E-state index contributed by atoms with van der Waals surface area (Å²) in [6.45, 7) is 5.83. The quantitative estimate of drug-likeness (QED) is 0.816. The molecule has 1 aromatic rings. The van der Waals surface area contributed by atoms with Gasteiger partial charge in [-0.05, 0) is 41.9 Å². The van der Waals surface area contributed by atoms with Crippen LogP contribution in [0.15, 0.2) is 29.7 Å². The van der Waals surface area contributed by atoms with E-state index in [4.69, 9.17) is 4.74 Å². The summed E-state index contributed by atoms with van der Waals surface area (Å²) in [6.07, 6.45) is 2.09. The summed E-state index contributed by atoms with van der Waals surface area (Å²) < 4.78 is 5.36. The molecule has 0 saturated carbocycles. The average Bonchev–Trinajstić information content (AvgIpc) is 2.40. The van der Waals surface area contributed by atoms with Crippen LogP contribution in [0.1, 0.15) is 12.5 Å². The van der Waals surface area contributed by atoms with E-state index in [0.717, 1.165) is 26.3 Å². The summed E-state index contributed by atoms with van der Waals surface area (Å²) in [5.74, 6) is 0. The van der Waals surface area contributed by atoms with E-state index in [1.165, 1.54) is 16.8 Å². The molecule has 1 aliphatic rings. The minimum absolute atomic E-state index is 0.840. The number of ether oxygens (including phenoxy) is 1. The molecule has 3 heteroatoms. The topological polar surface area (TPSA) is 12.5 Å². The van der Waals surface area contributed by atoms with Crippen LogP contribution in [0, 0.1) is 0 Å². The fraction of sp³-hybridized carbons (Fsp3) is 0.429. The van der Waals surface area contributed by atoms with Crippen molar-refractivity contribution in [2.75, 3.05) is 37.5 Å². The Bertz CT molecular complexity index is 380. The molecule has 0 N–H and O–H groups in total. The van der Waals surface area contributed by atoms with Gasteiger partial charge in [0.2, 0.25) is 0 Å². The lowest BCUT2D eigenvalue weighted by Gasteiger charge is -2.28. The monoisotopic (exact) mass is 249 g/mol. The summed E-state index contributed by atoms with van der Waals surface area (Å²) in [5.41, 5.74) is 3.93. The molecule has 1 aromatic carbocycles. The zero-order valence-corrected chi connectivity index (χ0v) is 11.3. The van der Waals surface area contributed by atoms with Gasteiger partial charge in [-0.15, -0.1) is 11.8 Å². The zero-order chi connectivity index (χ0) is 12.1. The van der Waals surface area contributed by atoms with Crippen molar-refractivity contribution in [3.05, 3.63) is 35.2 Å². The largest absolute Gasteiger partial charge is 0.378 e. The van der Waals surface area contributed by atoms with Crippen molar-refractivity contribution in [2.24, 2.45) is 0 Å². The Morgan fingerprint density at radius 1 is 1.24 bits per heavy atom. The summed E-state index contributed by atoms with van der Waals surface area (Å²) in [6, 6.07) is 8.82. The van der Waals surface area contributed by atoms with Gasteiger partial charge in [0.25, 0.3) is 0 Å². The number of thioether (sulfide) groups is 1.